The molecule has 0 fully saturated rings. The Kier molecular flexibility index (Phi) is 14.7. The Morgan fingerprint density at radius 1 is 0.867 bits per heavy atom. The van der Waals surface area contributed by atoms with Gasteiger partial charge in [-0.1, -0.05) is 104 Å². The second-order valence-electron chi connectivity index (χ2n) is 9.55. The maximum absolute atomic E-state index is 12.2. The molecule has 0 rings (SSSR count). The molecule has 0 aromatic carbocycles. The molecule has 0 radical (unpaired) electrons. The minimum absolute atomic E-state index is 0.788. The minimum Gasteiger partial charge on any atom is -0.387 e. The average Bonchev–Trinajstić information content (AvgIpc) is 2.68. The fourth-order valence-corrected chi connectivity index (χ4v) is 3.23. The number of ketones is 1. The van der Waals surface area contributed by atoms with Crippen molar-refractivity contribution in [1.29, 1.82) is 0 Å². The van der Waals surface area contributed by atoms with Crippen LogP contribution >= 0.6 is 0 Å². The third kappa shape index (κ3) is 11.0. The van der Waals surface area contributed by atoms with Gasteiger partial charge in [-0.2, -0.15) is 0 Å². The van der Waals surface area contributed by atoms with Crippen LogP contribution in [-0.2, 0) is 4.79 Å². The van der Waals surface area contributed by atoms with Crippen LogP contribution in [0.4, 0.5) is 0 Å². The van der Waals surface area contributed by atoms with Gasteiger partial charge in [-0.15, -0.1) is 0 Å². The van der Waals surface area contributed by atoms with Gasteiger partial charge in [0, 0.05) is 5.41 Å². The van der Waals surface area contributed by atoms with E-state index >= 15 is 0 Å². The SMILES string of the molecule is CCCCCCCCCCCCC/C=C/[C@@H](O)[C@H](N)C(O)C(=O)C(O)(O)C(C)(C)C. The average molecular weight is 430 g/mol. The lowest BCUT2D eigenvalue weighted by molar-refractivity contribution is -0.228. The summed E-state index contributed by atoms with van der Waals surface area (Å²) >= 11 is 0. The first-order chi connectivity index (χ1) is 14.0. The minimum atomic E-state index is -2.73. The van der Waals surface area contributed by atoms with Crippen LogP contribution in [0, 0.1) is 5.41 Å². The highest BCUT2D eigenvalue weighted by Crippen LogP contribution is 2.30. The second-order valence-corrected chi connectivity index (χ2v) is 9.55. The van der Waals surface area contributed by atoms with Gasteiger partial charge in [0.05, 0.1) is 12.1 Å². The number of hydrogen-bond donors (Lipinski definition) is 5. The summed E-state index contributed by atoms with van der Waals surface area (Å²) in [7, 11) is 0. The summed E-state index contributed by atoms with van der Waals surface area (Å²) in [6, 6.07) is -1.33. The molecule has 0 bridgehead atoms. The van der Waals surface area contributed by atoms with Crippen molar-refractivity contribution in [3.8, 4) is 0 Å². The fraction of sp³-hybridized carbons (Fsp3) is 0.875. The number of Topliss-reactive ketones (excluding diaryl/α,β-unsaturated/α-hetero) is 1. The molecule has 6 N–H and O–H groups in total. The topological polar surface area (TPSA) is 124 Å². The number of unbranched alkanes of at least 4 members (excludes halogenated alkanes) is 11. The Morgan fingerprint density at radius 3 is 1.73 bits per heavy atom. The van der Waals surface area contributed by atoms with Gasteiger partial charge < -0.3 is 26.2 Å². The van der Waals surface area contributed by atoms with Crippen molar-refractivity contribution in [1.82, 2.24) is 0 Å². The van der Waals surface area contributed by atoms with Crippen molar-refractivity contribution in [3.05, 3.63) is 12.2 Å². The molecular weight excluding hydrogens is 382 g/mol. The third-order valence-corrected chi connectivity index (χ3v) is 5.72. The Balaban J connectivity index is 4.03. The molecule has 0 spiro atoms. The lowest BCUT2D eigenvalue weighted by atomic mass is 9.80. The van der Waals surface area contributed by atoms with Crippen molar-refractivity contribution in [3.63, 3.8) is 0 Å². The van der Waals surface area contributed by atoms with E-state index in [9.17, 15) is 25.2 Å². The molecule has 0 aliphatic heterocycles. The predicted molar refractivity (Wildman–Crippen MR) is 122 cm³/mol. The van der Waals surface area contributed by atoms with Gasteiger partial charge in [0.25, 0.3) is 0 Å². The summed E-state index contributed by atoms with van der Waals surface area (Å²) in [5, 5.41) is 40.2. The van der Waals surface area contributed by atoms with Crippen LogP contribution in [0.5, 0.6) is 0 Å². The van der Waals surface area contributed by atoms with Gasteiger partial charge in [-0.05, 0) is 12.8 Å². The zero-order valence-corrected chi connectivity index (χ0v) is 19.6. The summed E-state index contributed by atoms with van der Waals surface area (Å²) in [6.45, 7) is 6.63. The van der Waals surface area contributed by atoms with Gasteiger partial charge in [-0.3, -0.25) is 4.79 Å². The molecule has 6 heteroatoms. The maximum Gasteiger partial charge on any atom is 0.231 e. The van der Waals surface area contributed by atoms with E-state index in [-0.39, 0.29) is 0 Å². The molecule has 0 amide bonds. The highest BCUT2D eigenvalue weighted by Gasteiger charge is 2.49. The monoisotopic (exact) mass is 429 g/mol. The van der Waals surface area contributed by atoms with Gasteiger partial charge >= 0.3 is 0 Å². The van der Waals surface area contributed by atoms with E-state index in [0.29, 0.717) is 0 Å². The molecule has 0 aliphatic carbocycles. The summed E-state index contributed by atoms with van der Waals surface area (Å²) in [4.78, 5) is 12.2. The van der Waals surface area contributed by atoms with Gasteiger partial charge in [0.2, 0.25) is 11.6 Å². The van der Waals surface area contributed by atoms with E-state index < -0.39 is 35.2 Å². The molecule has 0 saturated heterocycles. The lowest BCUT2D eigenvalue weighted by Gasteiger charge is -2.36. The van der Waals surface area contributed by atoms with Crippen molar-refractivity contribution in [2.45, 2.75) is 129 Å². The number of rotatable bonds is 17. The summed E-state index contributed by atoms with van der Waals surface area (Å²) in [5.41, 5.74) is 4.56. The quantitative estimate of drug-likeness (QED) is 0.137. The van der Waals surface area contributed by atoms with Crippen LogP contribution in [0.3, 0.4) is 0 Å². The normalized spacial score (nSPS) is 16.0. The van der Waals surface area contributed by atoms with Crippen LogP contribution in [0.15, 0.2) is 12.2 Å². The van der Waals surface area contributed by atoms with Crippen LogP contribution in [0.25, 0.3) is 0 Å². The predicted octanol–water partition coefficient (Wildman–Crippen LogP) is 3.59. The molecule has 0 aromatic rings. The largest absolute Gasteiger partial charge is 0.387 e. The van der Waals surface area contributed by atoms with E-state index in [1.165, 1.54) is 84.6 Å². The molecule has 6 nitrogen and oxygen atoms in total. The van der Waals surface area contributed by atoms with E-state index in [1.807, 2.05) is 0 Å². The number of carbonyl (C=O) groups excluding carboxylic acids is 1. The number of nitrogens with two attached hydrogens (primary N) is 1. The summed E-state index contributed by atoms with van der Waals surface area (Å²) in [5.74, 6) is -3.94. The molecule has 0 aromatic heterocycles. The standard InChI is InChI=1S/C24H47NO5/c1-5-6-7-8-9-10-11-12-13-14-15-16-17-18-19(26)20(25)21(27)22(28)24(29,30)23(2,3)4/h17-21,26-27,29-30H,5-16,25H2,1-4H3/b18-17+/t19-,20+,21?/m1/s1. The number of allylic oxidation sites excluding steroid dienone is 1. The smallest absolute Gasteiger partial charge is 0.231 e. The van der Waals surface area contributed by atoms with Crippen molar-refractivity contribution in [2.24, 2.45) is 11.1 Å². The molecule has 0 heterocycles. The highest BCUT2D eigenvalue weighted by atomic mass is 16.5. The zero-order valence-electron chi connectivity index (χ0n) is 19.6. The van der Waals surface area contributed by atoms with Crippen LogP contribution in [-0.4, -0.2) is 50.2 Å². The van der Waals surface area contributed by atoms with E-state index in [4.69, 9.17) is 5.73 Å². The molecule has 0 saturated carbocycles. The number of hydrogen-bond acceptors (Lipinski definition) is 6. The zero-order chi connectivity index (χ0) is 23.2. The number of aliphatic hydroxyl groups excluding tert-OH is 2. The Bertz CT molecular complexity index is 484. The lowest BCUT2D eigenvalue weighted by Crippen LogP contribution is -2.59. The van der Waals surface area contributed by atoms with E-state index in [1.54, 1.807) is 6.08 Å². The molecule has 1 unspecified atom stereocenters. The highest BCUT2D eigenvalue weighted by molar-refractivity contribution is 5.90. The molecule has 0 aliphatic rings. The molecular formula is C24H47NO5. The number of aliphatic hydroxyl groups is 4. The van der Waals surface area contributed by atoms with E-state index in [2.05, 4.69) is 6.92 Å². The molecule has 3 atom stereocenters. The summed E-state index contributed by atoms with van der Waals surface area (Å²) in [6.07, 6.45) is 14.9. The van der Waals surface area contributed by atoms with Gasteiger partial charge in [0.1, 0.15) is 6.10 Å². The maximum atomic E-state index is 12.2. The van der Waals surface area contributed by atoms with Gasteiger partial charge in [0.15, 0.2) is 0 Å². The first-order valence-electron chi connectivity index (χ1n) is 11.7. The van der Waals surface area contributed by atoms with Crippen molar-refractivity contribution >= 4 is 5.78 Å². The fourth-order valence-electron chi connectivity index (χ4n) is 3.23. The first kappa shape index (κ1) is 29.2. The van der Waals surface area contributed by atoms with Crippen LogP contribution in [0.2, 0.25) is 0 Å². The molecule has 178 valence electrons. The van der Waals surface area contributed by atoms with Gasteiger partial charge in [-0.25, -0.2) is 0 Å². The molecule has 30 heavy (non-hydrogen) atoms. The van der Waals surface area contributed by atoms with Crippen LogP contribution < -0.4 is 5.73 Å². The second kappa shape index (κ2) is 15.1. The Labute approximate surface area is 183 Å². The summed E-state index contributed by atoms with van der Waals surface area (Å²) < 4.78 is 0. The van der Waals surface area contributed by atoms with Crippen molar-refractivity contribution in [2.75, 3.05) is 0 Å². The third-order valence-electron chi connectivity index (χ3n) is 5.72. The van der Waals surface area contributed by atoms with Crippen molar-refractivity contribution < 1.29 is 25.2 Å². The Morgan fingerprint density at radius 2 is 1.30 bits per heavy atom. The first-order valence-corrected chi connectivity index (χ1v) is 11.7. The van der Waals surface area contributed by atoms with E-state index in [0.717, 1.165) is 19.3 Å². The Hall–Kier alpha value is -0.790. The number of carbonyl (C=O) groups is 1. The van der Waals surface area contributed by atoms with Crippen LogP contribution in [0.1, 0.15) is 105 Å².